The smallest absolute Gasteiger partial charge is 0.0637 e. The topological polar surface area (TPSA) is 26.0 Å². The van der Waals surface area contributed by atoms with E-state index >= 15 is 0 Å². The zero-order chi connectivity index (χ0) is 13.9. The molecule has 0 bridgehead atoms. The first-order valence-electron chi connectivity index (χ1n) is 7.05. The van der Waals surface area contributed by atoms with E-state index in [1.807, 2.05) is 0 Å². The van der Waals surface area contributed by atoms with Crippen molar-refractivity contribution in [3.8, 4) is 0 Å². The van der Waals surface area contributed by atoms with Gasteiger partial charge >= 0.3 is 0 Å². The van der Waals surface area contributed by atoms with Crippen LogP contribution in [0.5, 0.6) is 0 Å². The zero-order valence-corrected chi connectivity index (χ0v) is 12.1. The van der Waals surface area contributed by atoms with Gasteiger partial charge in [0.2, 0.25) is 0 Å². The van der Waals surface area contributed by atoms with Gasteiger partial charge in [-0.1, -0.05) is 62.4 Å². The van der Waals surface area contributed by atoms with E-state index in [1.54, 1.807) is 0 Å². The summed E-state index contributed by atoms with van der Waals surface area (Å²) >= 11 is 0. The summed E-state index contributed by atoms with van der Waals surface area (Å²) in [6.45, 7) is 6.42. The van der Waals surface area contributed by atoms with Gasteiger partial charge in [-0.3, -0.25) is 0 Å². The molecule has 0 aromatic heterocycles. The summed E-state index contributed by atoms with van der Waals surface area (Å²) in [5.41, 5.74) is 11.2. The minimum absolute atomic E-state index is 0.433. The Morgan fingerprint density at radius 1 is 0.842 bits per heavy atom. The number of aryl methyl sites for hydroxylation is 2. The van der Waals surface area contributed by atoms with Crippen LogP contribution in [-0.4, -0.2) is 0 Å². The third kappa shape index (κ3) is 2.87. The number of hydrogen-bond acceptors (Lipinski definition) is 1. The monoisotopic (exact) mass is 253 g/mol. The van der Waals surface area contributed by atoms with Crippen LogP contribution in [0.3, 0.4) is 0 Å². The molecule has 1 nitrogen and oxygen atoms in total. The SMILES string of the molecule is CCc1ccc(C(C)(N)c2cccc(CC)c2)cc1. The lowest BCUT2D eigenvalue weighted by Gasteiger charge is -2.26. The molecule has 2 rings (SSSR count). The summed E-state index contributed by atoms with van der Waals surface area (Å²) in [4.78, 5) is 0. The Morgan fingerprint density at radius 3 is 2.05 bits per heavy atom. The number of hydrogen-bond donors (Lipinski definition) is 1. The molecule has 0 aliphatic heterocycles. The van der Waals surface area contributed by atoms with Crippen molar-refractivity contribution in [3.63, 3.8) is 0 Å². The molecule has 0 fully saturated rings. The van der Waals surface area contributed by atoms with Crippen molar-refractivity contribution in [1.82, 2.24) is 0 Å². The molecule has 2 N–H and O–H groups in total. The van der Waals surface area contributed by atoms with Crippen LogP contribution in [0, 0.1) is 0 Å². The van der Waals surface area contributed by atoms with Gasteiger partial charge in [0.1, 0.15) is 0 Å². The van der Waals surface area contributed by atoms with Crippen molar-refractivity contribution < 1.29 is 0 Å². The first-order valence-corrected chi connectivity index (χ1v) is 7.05. The summed E-state index contributed by atoms with van der Waals surface area (Å²) in [6.07, 6.45) is 2.10. The molecule has 0 aliphatic rings. The van der Waals surface area contributed by atoms with Gasteiger partial charge in [0.15, 0.2) is 0 Å². The van der Waals surface area contributed by atoms with Gasteiger partial charge in [-0.25, -0.2) is 0 Å². The molecule has 19 heavy (non-hydrogen) atoms. The molecule has 0 amide bonds. The predicted molar refractivity (Wildman–Crippen MR) is 82.3 cm³/mol. The highest BCUT2D eigenvalue weighted by Gasteiger charge is 2.23. The summed E-state index contributed by atoms with van der Waals surface area (Å²) in [5, 5.41) is 0. The predicted octanol–water partition coefficient (Wildman–Crippen LogP) is 4.03. The molecule has 0 spiro atoms. The molecular formula is C18H23N. The van der Waals surface area contributed by atoms with Crippen molar-refractivity contribution in [2.24, 2.45) is 5.73 Å². The fourth-order valence-electron chi connectivity index (χ4n) is 2.37. The van der Waals surface area contributed by atoms with Crippen LogP contribution in [0.25, 0.3) is 0 Å². The molecule has 0 aliphatic carbocycles. The average Bonchev–Trinajstić information content (AvgIpc) is 2.47. The van der Waals surface area contributed by atoms with Gasteiger partial charge in [-0.05, 0) is 42.0 Å². The fraction of sp³-hybridized carbons (Fsp3) is 0.333. The van der Waals surface area contributed by atoms with E-state index in [1.165, 1.54) is 16.7 Å². The van der Waals surface area contributed by atoms with Crippen LogP contribution in [-0.2, 0) is 18.4 Å². The van der Waals surface area contributed by atoms with E-state index in [4.69, 9.17) is 5.73 Å². The Hall–Kier alpha value is -1.60. The van der Waals surface area contributed by atoms with E-state index in [2.05, 4.69) is 69.3 Å². The highest BCUT2D eigenvalue weighted by atomic mass is 14.7. The van der Waals surface area contributed by atoms with Crippen LogP contribution in [0.1, 0.15) is 43.0 Å². The summed E-state index contributed by atoms with van der Waals surface area (Å²) in [7, 11) is 0. The second-order valence-corrected chi connectivity index (χ2v) is 5.31. The molecule has 2 aromatic rings. The Labute approximate surface area is 116 Å². The van der Waals surface area contributed by atoms with Crippen LogP contribution in [0.2, 0.25) is 0 Å². The van der Waals surface area contributed by atoms with Crippen molar-refractivity contribution in [1.29, 1.82) is 0 Å². The Balaban J connectivity index is 2.38. The van der Waals surface area contributed by atoms with E-state index in [-0.39, 0.29) is 0 Å². The van der Waals surface area contributed by atoms with Gasteiger partial charge in [0, 0.05) is 0 Å². The number of benzene rings is 2. The molecule has 100 valence electrons. The summed E-state index contributed by atoms with van der Waals surface area (Å²) in [5.74, 6) is 0. The largest absolute Gasteiger partial charge is 0.318 e. The molecule has 2 aromatic carbocycles. The van der Waals surface area contributed by atoms with Crippen molar-refractivity contribution in [2.45, 2.75) is 39.2 Å². The molecule has 0 heterocycles. The maximum atomic E-state index is 6.57. The molecule has 0 saturated carbocycles. The minimum atomic E-state index is -0.433. The third-order valence-electron chi connectivity index (χ3n) is 3.90. The molecular weight excluding hydrogens is 230 g/mol. The van der Waals surface area contributed by atoms with Gasteiger partial charge < -0.3 is 5.73 Å². The van der Waals surface area contributed by atoms with Crippen LogP contribution in [0.4, 0.5) is 0 Å². The zero-order valence-electron chi connectivity index (χ0n) is 12.1. The van der Waals surface area contributed by atoms with Crippen molar-refractivity contribution >= 4 is 0 Å². The van der Waals surface area contributed by atoms with E-state index in [0.29, 0.717) is 0 Å². The third-order valence-corrected chi connectivity index (χ3v) is 3.90. The second kappa shape index (κ2) is 5.58. The standard InChI is InChI=1S/C18H23N/c1-4-14-9-11-16(12-10-14)18(3,19)17-8-6-7-15(5-2)13-17/h6-13H,4-5,19H2,1-3H3. The second-order valence-electron chi connectivity index (χ2n) is 5.31. The normalized spacial score (nSPS) is 14.1. The van der Waals surface area contributed by atoms with Crippen molar-refractivity contribution in [3.05, 3.63) is 70.8 Å². The van der Waals surface area contributed by atoms with Crippen LogP contribution < -0.4 is 5.73 Å². The van der Waals surface area contributed by atoms with E-state index < -0.39 is 5.54 Å². The summed E-state index contributed by atoms with van der Waals surface area (Å²) < 4.78 is 0. The van der Waals surface area contributed by atoms with Gasteiger partial charge in [0.05, 0.1) is 5.54 Å². The Bertz CT molecular complexity index is 538. The van der Waals surface area contributed by atoms with Crippen LogP contribution >= 0.6 is 0 Å². The van der Waals surface area contributed by atoms with Gasteiger partial charge in [-0.2, -0.15) is 0 Å². The van der Waals surface area contributed by atoms with Gasteiger partial charge in [-0.15, -0.1) is 0 Å². The van der Waals surface area contributed by atoms with Crippen molar-refractivity contribution in [2.75, 3.05) is 0 Å². The first kappa shape index (κ1) is 13.8. The van der Waals surface area contributed by atoms with E-state index in [0.717, 1.165) is 18.4 Å². The molecule has 0 radical (unpaired) electrons. The molecule has 1 heteroatoms. The molecule has 0 saturated heterocycles. The minimum Gasteiger partial charge on any atom is -0.318 e. The number of nitrogens with two attached hydrogens (primary N) is 1. The molecule has 1 atom stereocenters. The lowest BCUT2D eigenvalue weighted by Crippen LogP contribution is -2.34. The lowest BCUT2D eigenvalue weighted by atomic mass is 9.84. The summed E-state index contributed by atoms with van der Waals surface area (Å²) in [6, 6.07) is 17.2. The van der Waals surface area contributed by atoms with Crippen LogP contribution in [0.15, 0.2) is 48.5 Å². The lowest BCUT2D eigenvalue weighted by molar-refractivity contribution is 0.602. The quantitative estimate of drug-likeness (QED) is 0.874. The maximum Gasteiger partial charge on any atom is 0.0637 e. The Kier molecular flexibility index (Phi) is 4.06. The maximum absolute atomic E-state index is 6.57. The highest BCUT2D eigenvalue weighted by Crippen LogP contribution is 2.27. The molecule has 1 unspecified atom stereocenters. The average molecular weight is 253 g/mol. The Morgan fingerprint density at radius 2 is 1.47 bits per heavy atom. The highest BCUT2D eigenvalue weighted by molar-refractivity contribution is 5.39. The van der Waals surface area contributed by atoms with Gasteiger partial charge in [0.25, 0.3) is 0 Å². The first-order chi connectivity index (χ1) is 9.07. The number of rotatable bonds is 4. The fourth-order valence-corrected chi connectivity index (χ4v) is 2.37. The van der Waals surface area contributed by atoms with E-state index in [9.17, 15) is 0 Å².